The van der Waals surface area contributed by atoms with Gasteiger partial charge in [-0.3, -0.25) is 4.79 Å². The standard InChI is InChI=1S/C18H24N4O2/c23-17(19-14-7-10-24-11-8-14)13-4-3-9-22(12-13)18-20-15-5-1-2-6-16(15)21-18/h1-2,5-6,13-14H,3-4,7-12H2,(H,19,23)(H,20,21). The van der Waals surface area contributed by atoms with Crippen molar-refractivity contribution in [2.75, 3.05) is 31.2 Å². The molecule has 6 heteroatoms. The Labute approximate surface area is 141 Å². The molecule has 0 aliphatic carbocycles. The van der Waals surface area contributed by atoms with Crippen molar-refractivity contribution >= 4 is 22.9 Å². The minimum atomic E-state index is 0.0369. The number of nitrogens with zero attached hydrogens (tertiary/aromatic N) is 2. The molecule has 24 heavy (non-hydrogen) atoms. The van der Waals surface area contributed by atoms with Crippen molar-refractivity contribution in [3.63, 3.8) is 0 Å². The number of carbonyl (C=O) groups excluding carboxylic acids is 1. The molecule has 128 valence electrons. The topological polar surface area (TPSA) is 70.2 Å². The van der Waals surface area contributed by atoms with E-state index in [4.69, 9.17) is 4.74 Å². The Hall–Kier alpha value is -2.08. The van der Waals surface area contributed by atoms with Crippen molar-refractivity contribution in [2.45, 2.75) is 31.7 Å². The lowest BCUT2D eigenvalue weighted by atomic mass is 9.96. The molecular weight excluding hydrogens is 304 g/mol. The number of H-pyrrole nitrogens is 1. The number of nitrogens with one attached hydrogen (secondary N) is 2. The van der Waals surface area contributed by atoms with Gasteiger partial charge in [0.05, 0.1) is 17.0 Å². The molecule has 0 bridgehead atoms. The van der Waals surface area contributed by atoms with Gasteiger partial charge in [0, 0.05) is 32.3 Å². The van der Waals surface area contributed by atoms with E-state index in [0.29, 0.717) is 0 Å². The average molecular weight is 328 g/mol. The van der Waals surface area contributed by atoms with Crippen LogP contribution in [0, 0.1) is 5.92 Å². The van der Waals surface area contributed by atoms with E-state index < -0.39 is 0 Å². The maximum atomic E-state index is 12.6. The molecule has 2 saturated heterocycles. The van der Waals surface area contributed by atoms with Gasteiger partial charge in [-0.1, -0.05) is 12.1 Å². The van der Waals surface area contributed by atoms with Gasteiger partial charge >= 0.3 is 0 Å². The number of aromatic amines is 1. The minimum absolute atomic E-state index is 0.0369. The van der Waals surface area contributed by atoms with Crippen LogP contribution in [0.15, 0.2) is 24.3 Å². The Balaban J connectivity index is 1.42. The van der Waals surface area contributed by atoms with E-state index in [9.17, 15) is 4.79 Å². The minimum Gasteiger partial charge on any atom is -0.381 e. The Morgan fingerprint density at radius 1 is 1.25 bits per heavy atom. The second kappa shape index (κ2) is 6.81. The maximum absolute atomic E-state index is 12.6. The second-order valence-electron chi connectivity index (χ2n) is 6.76. The summed E-state index contributed by atoms with van der Waals surface area (Å²) in [7, 11) is 0. The molecule has 1 aromatic heterocycles. The lowest BCUT2D eigenvalue weighted by molar-refractivity contribution is -0.126. The number of hydrogen-bond acceptors (Lipinski definition) is 4. The zero-order valence-corrected chi connectivity index (χ0v) is 13.8. The predicted molar refractivity (Wildman–Crippen MR) is 93.0 cm³/mol. The Bertz CT molecular complexity index is 675. The first-order valence-electron chi connectivity index (χ1n) is 8.87. The fourth-order valence-electron chi connectivity index (χ4n) is 3.63. The summed E-state index contributed by atoms with van der Waals surface area (Å²) in [5.41, 5.74) is 2.02. The number of para-hydroxylation sites is 2. The highest BCUT2D eigenvalue weighted by molar-refractivity contribution is 5.80. The van der Waals surface area contributed by atoms with E-state index in [1.54, 1.807) is 0 Å². The maximum Gasteiger partial charge on any atom is 0.225 e. The van der Waals surface area contributed by atoms with E-state index in [0.717, 1.165) is 69.0 Å². The number of amides is 1. The number of rotatable bonds is 3. The molecular formula is C18H24N4O2. The molecule has 1 atom stereocenters. The fourth-order valence-corrected chi connectivity index (χ4v) is 3.63. The van der Waals surface area contributed by atoms with Gasteiger partial charge in [-0.2, -0.15) is 0 Å². The molecule has 3 heterocycles. The SMILES string of the molecule is O=C(NC1CCOCC1)C1CCCN(c2nc3ccccc3[nH]2)C1. The molecule has 2 N–H and O–H groups in total. The molecule has 2 aliphatic rings. The van der Waals surface area contributed by atoms with E-state index >= 15 is 0 Å². The van der Waals surface area contributed by atoms with Crippen LogP contribution in [0.4, 0.5) is 5.95 Å². The van der Waals surface area contributed by atoms with Gasteiger partial charge in [0.2, 0.25) is 11.9 Å². The molecule has 1 amide bonds. The Morgan fingerprint density at radius 3 is 2.92 bits per heavy atom. The number of benzene rings is 1. The quantitative estimate of drug-likeness (QED) is 0.905. The van der Waals surface area contributed by atoms with Crippen LogP contribution in [0.2, 0.25) is 0 Å². The summed E-state index contributed by atoms with van der Waals surface area (Å²) in [6.45, 7) is 3.18. The van der Waals surface area contributed by atoms with Crippen LogP contribution < -0.4 is 10.2 Å². The number of fused-ring (bicyclic) bond motifs is 1. The highest BCUT2D eigenvalue weighted by atomic mass is 16.5. The summed E-state index contributed by atoms with van der Waals surface area (Å²) in [5.74, 6) is 1.09. The van der Waals surface area contributed by atoms with Crippen molar-refractivity contribution in [2.24, 2.45) is 5.92 Å². The number of hydrogen-bond donors (Lipinski definition) is 2. The first-order chi connectivity index (χ1) is 11.8. The van der Waals surface area contributed by atoms with Crippen LogP contribution in [0.5, 0.6) is 0 Å². The highest BCUT2D eigenvalue weighted by Gasteiger charge is 2.29. The van der Waals surface area contributed by atoms with Gasteiger partial charge in [-0.15, -0.1) is 0 Å². The Morgan fingerprint density at radius 2 is 2.08 bits per heavy atom. The van der Waals surface area contributed by atoms with Gasteiger partial charge in [0.25, 0.3) is 0 Å². The number of imidazole rings is 1. The smallest absolute Gasteiger partial charge is 0.225 e. The van der Waals surface area contributed by atoms with E-state index in [-0.39, 0.29) is 17.9 Å². The van der Waals surface area contributed by atoms with Crippen LogP contribution in [-0.4, -0.2) is 48.2 Å². The molecule has 0 radical (unpaired) electrons. The molecule has 0 saturated carbocycles. The number of anilines is 1. The third-order valence-electron chi connectivity index (χ3n) is 5.04. The normalized spacial score (nSPS) is 22.7. The monoisotopic (exact) mass is 328 g/mol. The zero-order valence-electron chi connectivity index (χ0n) is 13.8. The van der Waals surface area contributed by atoms with Crippen LogP contribution in [0.3, 0.4) is 0 Å². The summed E-state index contributed by atoms with van der Waals surface area (Å²) in [4.78, 5) is 22.9. The molecule has 1 aromatic carbocycles. The summed E-state index contributed by atoms with van der Waals surface area (Å²) in [5, 5.41) is 3.21. The van der Waals surface area contributed by atoms with Gasteiger partial charge in [-0.25, -0.2) is 4.98 Å². The molecule has 1 unspecified atom stereocenters. The summed E-state index contributed by atoms with van der Waals surface area (Å²) in [6.07, 6.45) is 3.81. The summed E-state index contributed by atoms with van der Waals surface area (Å²) in [6, 6.07) is 8.31. The second-order valence-corrected chi connectivity index (χ2v) is 6.76. The van der Waals surface area contributed by atoms with Crippen molar-refractivity contribution in [1.82, 2.24) is 15.3 Å². The molecule has 2 fully saturated rings. The van der Waals surface area contributed by atoms with Gasteiger partial charge in [-0.05, 0) is 37.8 Å². The lowest BCUT2D eigenvalue weighted by Crippen LogP contribution is -2.47. The van der Waals surface area contributed by atoms with Crippen molar-refractivity contribution in [3.8, 4) is 0 Å². The first-order valence-corrected chi connectivity index (χ1v) is 8.87. The van der Waals surface area contributed by atoms with Crippen LogP contribution in [-0.2, 0) is 9.53 Å². The number of ether oxygens (including phenoxy) is 1. The van der Waals surface area contributed by atoms with Gasteiger partial charge in [0.1, 0.15) is 0 Å². The first kappa shape index (κ1) is 15.4. The van der Waals surface area contributed by atoms with Gasteiger partial charge in [0.15, 0.2) is 0 Å². The van der Waals surface area contributed by atoms with Crippen molar-refractivity contribution < 1.29 is 9.53 Å². The summed E-state index contributed by atoms with van der Waals surface area (Å²) < 4.78 is 5.36. The lowest BCUT2D eigenvalue weighted by Gasteiger charge is -2.33. The number of carbonyl (C=O) groups is 1. The van der Waals surface area contributed by atoms with Crippen molar-refractivity contribution in [1.29, 1.82) is 0 Å². The van der Waals surface area contributed by atoms with E-state index in [1.807, 2.05) is 24.3 Å². The summed E-state index contributed by atoms with van der Waals surface area (Å²) >= 11 is 0. The largest absolute Gasteiger partial charge is 0.381 e. The molecule has 2 aliphatic heterocycles. The fraction of sp³-hybridized carbons (Fsp3) is 0.556. The molecule has 4 rings (SSSR count). The third kappa shape index (κ3) is 3.24. The number of aromatic nitrogens is 2. The van der Waals surface area contributed by atoms with Gasteiger partial charge < -0.3 is 19.9 Å². The zero-order chi connectivity index (χ0) is 16.4. The number of piperidine rings is 1. The molecule has 2 aromatic rings. The van der Waals surface area contributed by atoms with Crippen molar-refractivity contribution in [3.05, 3.63) is 24.3 Å². The average Bonchev–Trinajstić information content (AvgIpc) is 3.07. The van der Waals surface area contributed by atoms with E-state index in [1.165, 1.54) is 0 Å². The van der Waals surface area contributed by atoms with E-state index in [2.05, 4.69) is 20.2 Å². The predicted octanol–water partition coefficient (Wildman–Crippen LogP) is 2.07. The van der Waals surface area contributed by atoms with Crippen LogP contribution >= 0.6 is 0 Å². The highest BCUT2D eigenvalue weighted by Crippen LogP contribution is 2.24. The molecule has 0 spiro atoms. The third-order valence-corrected chi connectivity index (χ3v) is 5.04. The molecule has 6 nitrogen and oxygen atoms in total. The van der Waals surface area contributed by atoms with Crippen LogP contribution in [0.25, 0.3) is 11.0 Å². The van der Waals surface area contributed by atoms with Crippen LogP contribution in [0.1, 0.15) is 25.7 Å². The Kier molecular flexibility index (Phi) is 4.38.